The first-order valence-electron chi connectivity index (χ1n) is 5.92. The molecular weight excluding hydrogens is 267 g/mol. The summed E-state index contributed by atoms with van der Waals surface area (Å²) in [5, 5.41) is 0. The number of rotatable bonds is 3. The maximum Gasteiger partial charge on any atom is 0.256 e. The van der Waals surface area contributed by atoms with E-state index in [1.54, 1.807) is 12.1 Å². The molecule has 0 aliphatic rings. The quantitative estimate of drug-likeness (QED) is 0.843. The zero-order valence-corrected chi connectivity index (χ0v) is 10.7. The Hall–Kier alpha value is -2.30. The predicted octanol–water partition coefficient (Wildman–Crippen LogP) is 3.38. The van der Waals surface area contributed by atoms with Crippen molar-refractivity contribution in [3.8, 4) is 0 Å². The minimum absolute atomic E-state index is 0.198. The third kappa shape index (κ3) is 3.17. The highest BCUT2D eigenvalue weighted by Gasteiger charge is 2.16. The van der Waals surface area contributed by atoms with Gasteiger partial charge < -0.3 is 4.90 Å². The predicted molar refractivity (Wildman–Crippen MR) is 68.6 cm³/mol. The van der Waals surface area contributed by atoms with Crippen molar-refractivity contribution in [2.75, 3.05) is 7.05 Å². The van der Waals surface area contributed by atoms with Crippen LogP contribution in [0.1, 0.15) is 15.9 Å². The second kappa shape index (κ2) is 5.77. The van der Waals surface area contributed by atoms with E-state index in [0.29, 0.717) is 11.6 Å². The third-order valence-electron chi connectivity index (χ3n) is 2.84. The molecular formula is C15H12F3NO. The second-order valence-corrected chi connectivity index (χ2v) is 4.41. The Morgan fingerprint density at radius 3 is 2.20 bits per heavy atom. The summed E-state index contributed by atoms with van der Waals surface area (Å²) in [6.07, 6.45) is 0. The molecule has 0 spiro atoms. The van der Waals surface area contributed by atoms with Gasteiger partial charge in [0.15, 0.2) is 0 Å². The smallest absolute Gasteiger partial charge is 0.256 e. The molecule has 5 heteroatoms. The molecule has 104 valence electrons. The van der Waals surface area contributed by atoms with Crippen LogP contribution in [0.4, 0.5) is 13.2 Å². The molecule has 1 amide bonds. The molecule has 0 radical (unpaired) electrons. The number of carbonyl (C=O) groups excluding carboxylic acids is 1. The fourth-order valence-corrected chi connectivity index (χ4v) is 1.80. The highest BCUT2D eigenvalue weighted by molar-refractivity contribution is 5.94. The minimum atomic E-state index is -0.902. The SMILES string of the molecule is CN(Cc1ccc(F)cc1)C(=O)c1ccc(F)cc1F. The van der Waals surface area contributed by atoms with Crippen LogP contribution >= 0.6 is 0 Å². The largest absolute Gasteiger partial charge is 0.337 e. The lowest BCUT2D eigenvalue weighted by Crippen LogP contribution is -2.27. The first kappa shape index (κ1) is 14.1. The Morgan fingerprint density at radius 1 is 1.00 bits per heavy atom. The molecule has 0 saturated carbocycles. The van der Waals surface area contributed by atoms with E-state index in [0.717, 1.165) is 12.1 Å². The van der Waals surface area contributed by atoms with Crippen molar-refractivity contribution in [3.05, 3.63) is 71.0 Å². The van der Waals surface area contributed by atoms with Crippen LogP contribution in [0.3, 0.4) is 0 Å². The van der Waals surface area contributed by atoms with Crippen molar-refractivity contribution < 1.29 is 18.0 Å². The summed E-state index contributed by atoms with van der Waals surface area (Å²) in [5.74, 6) is -2.57. The molecule has 2 nitrogen and oxygen atoms in total. The average Bonchev–Trinajstić information content (AvgIpc) is 2.40. The van der Waals surface area contributed by atoms with Crippen LogP contribution in [0.2, 0.25) is 0 Å². The van der Waals surface area contributed by atoms with E-state index in [1.807, 2.05) is 0 Å². The van der Waals surface area contributed by atoms with Crippen LogP contribution in [0.25, 0.3) is 0 Å². The van der Waals surface area contributed by atoms with Gasteiger partial charge in [-0.25, -0.2) is 13.2 Å². The number of halogens is 3. The summed E-state index contributed by atoms with van der Waals surface area (Å²) in [6.45, 7) is 0.204. The van der Waals surface area contributed by atoms with Crippen LogP contribution in [0.15, 0.2) is 42.5 Å². The lowest BCUT2D eigenvalue weighted by atomic mass is 10.1. The van der Waals surface area contributed by atoms with Gasteiger partial charge in [-0.05, 0) is 29.8 Å². The Morgan fingerprint density at radius 2 is 1.60 bits per heavy atom. The van der Waals surface area contributed by atoms with E-state index >= 15 is 0 Å². The van der Waals surface area contributed by atoms with E-state index in [9.17, 15) is 18.0 Å². The number of carbonyl (C=O) groups is 1. The lowest BCUT2D eigenvalue weighted by Gasteiger charge is -2.17. The Bertz CT molecular complexity index is 626. The molecule has 0 bridgehead atoms. The van der Waals surface area contributed by atoms with Crippen molar-refractivity contribution in [1.82, 2.24) is 4.90 Å². The molecule has 0 fully saturated rings. The fraction of sp³-hybridized carbons (Fsp3) is 0.133. The Kier molecular flexibility index (Phi) is 4.08. The number of benzene rings is 2. The molecule has 0 aliphatic carbocycles. The molecule has 0 aromatic heterocycles. The molecule has 0 heterocycles. The summed E-state index contributed by atoms with van der Waals surface area (Å²) in [6, 6.07) is 8.45. The number of hydrogen-bond acceptors (Lipinski definition) is 1. The molecule has 0 N–H and O–H groups in total. The maximum absolute atomic E-state index is 13.5. The second-order valence-electron chi connectivity index (χ2n) is 4.41. The van der Waals surface area contributed by atoms with E-state index < -0.39 is 17.5 Å². The van der Waals surface area contributed by atoms with Crippen LogP contribution in [-0.4, -0.2) is 17.9 Å². The molecule has 0 aliphatic heterocycles. The average molecular weight is 279 g/mol. The maximum atomic E-state index is 13.5. The van der Waals surface area contributed by atoms with Crippen LogP contribution in [0.5, 0.6) is 0 Å². The van der Waals surface area contributed by atoms with Crippen LogP contribution < -0.4 is 0 Å². The van der Waals surface area contributed by atoms with Gasteiger partial charge in [0, 0.05) is 19.7 Å². The number of hydrogen-bond donors (Lipinski definition) is 0. The normalized spacial score (nSPS) is 10.4. The fourth-order valence-electron chi connectivity index (χ4n) is 1.80. The highest BCUT2D eigenvalue weighted by atomic mass is 19.1. The summed E-state index contributed by atoms with van der Waals surface area (Å²) >= 11 is 0. The van der Waals surface area contributed by atoms with Gasteiger partial charge in [0.1, 0.15) is 17.5 Å². The monoisotopic (exact) mass is 279 g/mol. The molecule has 0 saturated heterocycles. The van der Waals surface area contributed by atoms with Crippen molar-refractivity contribution in [2.24, 2.45) is 0 Å². The summed E-state index contributed by atoms with van der Waals surface area (Å²) in [4.78, 5) is 13.3. The van der Waals surface area contributed by atoms with E-state index in [2.05, 4.69) is 0 Å². The van der Waals surface area contributed by atoms with Crippen molar-refractivity contribution in [1.29, 1.82) is 0 Å². The number of amides is 1. The topological polar surface area (TPSA) is 20.3 Å². The van der Waals surface area contributed by atoms with Crippen LogP contribution in [0, 0.1) is 17.5 Å². The Balaban J connectivity index is 2.14. The van der Waals surface area contributed by atoms with Gasteiger partial charge in [-0.15, -0.1) is 0 Å². The highest BCUT2D eigenvalue weighted by Crippen LogP contribution is 2.13. The van der Waals surface area contributed by atoms with Gasteiger partial charge in [0.25, 0.3) is 5.91 Å². The standard InChI is InChI=1S/C15H12F3NO/c1-19(9-10-2-4-11(16)5-3-10)15(20)13-7-6-12(17)8-14(13)18/h2-8H,9H2,1H3. The van der Waals surface area contributed by atoms with Crippen LogP contribution in [-0.2, 0) is 6.54 Å². The van der Waals surface area contributed by atoms with Crippen molar-refractivity contribution in [2.45, 2.75) is 6.54 Å². The van der Waals surface area contributed by atoms with Crippen molar-refractivity contribution >= 4 is 5.91 Å². The zero-order chi connectivity index (χ0) is 14.7. The zero-order valence-electron chi connectivity index (χ0n) is 10.7. The molecule has 2 aromatic rings. The lowest BCUT2D eigenvalue weighted by molar-refractivity contribution is 0.0780. The Labute approximate surface area is 114 Å². The van der Waals surface area contributed by atoms with Gasteiger partial charge in [-0.1, -0.05) is 12.1 Å². The molecule has 2 rings (SSSR count). The summed E-state index contributed by atoms with van der Waals surface area (Å²) in [5.41, 5.74) is 0.515. The van der Waals surface area contributed by atoms with Gasteiger partial charge in [-0.3, -0.25) is 4.79 Å². The van der Waals surface area contributed by atoms with E-state index in [-0.39, 0.29) is 17.9 Å². The molecule has 2 aromatic carbocycles. The molecule has 0 atom stereocenters. The first-order valence-corrected chi connectivity index (χ1v) is 5.92. The molecule has 20 heavy (non-hydrogen) atoms. The van der Waals surface area contributed by atoms with Crippen molar-refractivity contribution in [3.63, 3.8) is 0 Å². The summed E-state index contributed by atoms with van der Waals surface area (Å²) in [7, 11) is 1.49. The summed E-state index contributed by atoms with van der Waals surface area (Å²) < 4.78 is 39.1. The minimum Gasteiger partial charge on any atom is -0.337 e. The first-order chi connectivity index (χ1) is 9.47. The number of nitrogens with zero attached hydrogens (tertiary/aromatic N) is 1. The van der Waals surface area contributed by atoms with Gasteiger partial charge in [0.2, 0.25) is 0 Å². The molecule has 0 unspecified atom stereocenters. The van der Waals surface area contributed by atoms with E-state index in [4.69, 9.17) is 0 Å². The van der Waals surface area contributed by atoms with Gasteiger partial charge >= 0.3 is 0 Å². The van der Waals surface area contributed by atoms with Gasteiger partial charge in [0.05, 0.1) is 5.56 Å². The third-order valence-corrected chi connectivity index (χ3v) is 2.84. The van der Waals surface area contributed by atoms with E-state index in [1.165, 1.54) is 24.1 Å². The van der Waals surface area contributed by atoms with Gasteiger partial charge in [-0.2, -0.15) is 0 Å².